The molecule has 1 unspecified atom stereocenters. The Morgan fingerprint density at radius 1 is 1.47 bits per heavy atom. The van der Waals surface area contributed by atoms with Crippen LogP contribution in [0.15, 0.2) is 0 Å². The van der Waals surface area contributed by atoms with Gasteiger partial charge in [0.15, 0.2) is 9.84 Å². The number of aliphatic hydroxyl groups excluding tert-OH is 1. The third-order valence-electron chi connectivity index (χ3n) is 3.07. The zero-order chi connectivity index (χ0) is 11.3. The van der Waals surface area contributed by atoms with Gasteiger partial charge in [-0.2, -0.15) is 0 Å². The van der Waals surface area contributed by atoms with Crippen LogP contribution in [0.2, 0.25) is 0 Å². The van der Waals surface area contributed by atoms with E-state index in [0.29, 0.717) is 12.5 Å². The first-order chi connectivity index (χ1) is 7.07. The number of sulfone groups is 1. The average molecular weight is 235 g/mol. The Bertz CT molecular complexity index is 276. The number of nitrogens with zero attached hydrogens (tertiary/aromatic N) is 1. The topological polar surface area (TPSA) is 57.6 Å². The summed E-state index contributed by atoms with van der Waals surface area (Å²) in [5.74, 6) is 1.07. The molecule has 0 radical (unpaired) electrons. The molecule has 0 amide bonds. The largest absolute Gasteiger partial charge is 0.396 e. The van der Waals surface area contributed by atoms with Crippen molar-refractivity contribution in [3.05, 3.63) is 0 Å². The molecule has 15 heavy (non-hydrogen) atoms. The van der Waals surface area contributed by atoms with E-state index in [-0.39, 0.29) is 18.1 Å². The number of rotatable bonds is 6. The molecule has 1 saturated heterocycles. The minimum atomic E-state index is -2.83. The SMILES string of the molecule is CCS(=O)(=O)CCN1CCC(CCO)C1. The Morgan fingerprint density at radius 3 is 2.80 bits per heavy atom. The highest BCUT2D eigenvalue weighted by Gasteiger charge is 2.22. The standard InChI is InChI=1S/C10H21NO3S/c1-2-15(13,14)8-6-11-5-3-10(9-11)4-7-12/h10,12H,2-9H2,1H3. The summed E-state index contributed by atoms with van der Waals surface area (Å²) in [7, 11) is -2.83. The molecule has 0 aliphatic carbocycles. The van der Waals surface area contributed by atoms with Crippen molar-refractivity contribution in [2.45, 2.75) is 19.8 Å². The van der Waals surface area contributed by atoms with E-state index >= 15 is 0 Å². The normalized spacial score (nSPS) is 23.5. The van der Waals surface area contributed by atoms with Crippen LogP contribution in [0.4, 0.5) is 0 Å². The molecular formula is C10H21NO3S. The Labute approximate surface area is 92.2 Å². The van der Waals surface area contributed by atoms with Crippen molar-refractivity contribution in [2.75, 3.05) is 37.7 Å². The number of hydrogen-bond acceptors (Lipinski definition) is 4. The van der Waals surface area contributed by atoms with Gasteiger partial charge in [0.1, 0.15) is 0 Å². The summed E-state index contributed by atoms with van der Waals surface area (Å²) in [6.45, 7) is 4.50. The molecule has 0 bridgehead atoms. The molecule has 5 heteroatoms. The van der Waals surface area contributed by atoms with Crippen molar-refractivity contribution in [1.29, 1.82) is 0 Å². The van der Waals surface area contributed by atoms with Gasteiger partial charge in [0.05, 0.1) is 5.75 Å². The Morgan fingerprint density at radius 2 is 2.20 bits per heavy atom. The van der Waals surface area contributed by atoms with Gasteiger partial charge >= 0.3 is 0 Å². The smallest absolute Gasteiger partial charge is 0.151 e. The Hall–Kier alpha value is -0.130. The highest BCUT2D eigenvalue weighted by molar-refractivity contribution is 7.91. The average Bonchev–Trinajstić information content (AvgIpc) is 2.64. The first kappa shape index (κ1) is 12.9. The molecule has 1 N–H and O–H groups in total. The van der Waals surface area contributed by atoms with E-state index in [0.717, 1.165) is 25.9 Å². The fourth-order valence-corrected chi connectivity index (χ4v) is 2.77. The van der Waals surface area contributed by atoms with E-state index in [1.165, 1.54) is 0 Å². The Kier molecular flexibility index (Phi) is 5.02. The van der Waals surface area contributed by atoms with Crippen LogP contribution in [0.3, 0.4) is 0 Å². The molecule has 0 aromatic heterocycles. The van der Waals surface area contributed by atoms with Crippen LogP contribution in [0, 0.1) is 5.92 Å². The minimum Gasteiger partial charge on any atom is -0.396 e. The van der Waals surface area contributed by atoms with Gasteiger partial charge in [0.25, 0.3) is 0 Å². The monoisotopic (exact) mass is 235 g/mol. The molecule has 0 aromatic rings. The lowest BCUT2D eigenvalue weighted by atomic mass is 10.1. The van der Waals surface area contributed by atoms with Crippen LogP contribution in [-0.4, -0.2) is 56.2 Å². The van der Waals surface area contributed by atoms with Crippen LogP contribution in [0.25, 0.3) is 0 Å². The maximum atomic E-state index is 11.3. The van der Waals surface area contributed by atoms with Gasteiger partial charge in [0, 0.05) is 25.4 Å². The van der Waals surface area contributed by atoms with Crippen molar-refractivity contribution in [3.8, 4) is 0 Å². The molecule has 1 aliphatic rings. The van der Waals surface area contributed by atoms with Crippen LogP contribution >= 0.6 is 0 Å². The first-order valence-electron chi connectivity index (χ1n) is 5.61. The van der Waals surface area contributed by atoms with Gasteiger partial charge in [-0.25, -0.2) is 8.42 Å². The second-order valence-electron chi connectivity index (χ2n) is 4.20. The number of likely N-dealkylation sites (tertiary alicyclic amines) is 1. The fraction of sp³-hybridized carbons (Fsp3) is 1.00. The molecular weight excluding hydrogens is 214 g/mol. The molecule has 0 aromatic carbocycles. The highest BCUT2D eigenvalue weighted by Crippen LogP contribution is 2.18. The van der Waals surface area contributed by atoms with Crippen molar-refractivity contribution in [2.24, 2.45) is 5.92 Å². The van der Waals surface area contributed by atoms with E-state index in [2.05, 4.69) is 4.90 Å². The summed E-state index contributed by atoms with van der Waals surface area (Å²) in [6.07, 6.45) is 1.93. The molecule has 1 rings (SSSR count). The summed E-state index contributed by atoms with van der Waals surface area (Å²) >= 11 is 0. The second-order valence-corrected chi connectivity index (χ2v) is 6.68. The number of aliphatic hydroxyl groups is 1. The lowest BCUT2D eigenvalue weighted by molar-refractivity contribution is 0.253. The van der Waals surface area contributed by atoms with Crippen LogP contribution < -0.4 is 0 Å². The van der Waals surface area contributed by atoms with Gasteiger partial charge < -0.3 is 10.0 Å². The summed E-state index contributed by atoms with van der Waals surface area (Å²) in [5, 5.41) is 8.80. The van der Waals surface area contributed by atoms with E-state index in [4.69, 9.17) is 5.11 Å². The summed E-state index contributed by atoms with van der Waals surface area (Å²) < 4.78 is 22.6. The maximum Gasteiger partial charge on any atom is 0.151 e. The highest BCUT2D eigenvalue weighted by atomic mass is 32.2. The fourth-order valence-electron chi connectivity index (χ4n) is 1.95. The zero-order valence-corrected chi connectivity index (χ0v) is 10.2. The predicted molar refractivity (Wildman–Crippen MR) is 60.6 cm³/mol. The van der Waals surface area contributed by atoms with Gasteiger partial charge in [-0.05, 0) is 25.3 Å². The molecule has 1 heterocycles. The lowest BCUT2D eigenvalue weighted by Crippen LogP contribution is -2.28. The molecule has 90 valence electrons. The second kappa shape index (κ2) is 5.82. The Balaban J connectivity index is 2.25. The lowest BCUT2D eigenvalue weighted by Gasteiger charge is -2.15. The quantitative estimate of drug-likeness (QED) is 0.711. The molecule has 0 saturated carbocycles. The van der Waals surface area contributed by atoms with Crippen molar-refractivity contribution < 1.29 is 13.5 Å². The van der Waals surface area contributed by atoms with Crippen LogP contribution in [-0.2, 0) is 9.84 Å². The maximum absolute atomic E-state index is 11.3. The molecule has 4 nitrogen and oxygen atoms in total. The third kappa shape index (κ3) is 4.49. The summed E-state index contributed by atoms with van der Waals surface area (Å²) in [4.78, 5) is 2.19. The van der Waals surface area contributed by atoms with Gasteiger partial charge in [-0.3, -0.25) is 0 Å². The van der Waals surface area contributed by atoms with Gasteiger partial charge in [-0.1, -0.05) is 6.92 Å². The van der Waals surface area contributed by atoms with E-state index in [1.54, 1.807) is 6.92 Å². The molecule has 0 spiro atoms. The van der Waals surface area contributed by atoms with Crippen LogP contribution in [0.1, 0.15) is 19.8 Å². The summed E-state index contributed by atoms with van der Waals surface area (Å²) in [6, 6.07) is 0. The van der Waals surface area contributed by atoms with E-state index < -0.39 is 9.84 Å². The predicted octanol–water partition coefficient (Wildman–Crippen LogP) is 0.125. The molecule has 1 atom stereocenters. The van der Waals surface area contributed by atoms with Crippen molar-refractivity contribution >= 4 is 9.84 Å². The van der Waals surface area contributed by atoms with Crippen molar-refractivity contribution in [1.82, 2.24) is 4.90 Å². The number of hydrogen-bond donors (Lipinski definition) is 1. The minimum absolute atomic E-state index is 0.237. The third-order valence-corrected chi connectivity index (χ3v) is 4.75. The van der Waals surface area contributed by atoms with E-state index in [1.807, 2.05) is 0 Å². The zero-order valence-electron chi connectivity index (χ0n) is 9.35. The van der Waals surface area contributed by atoms with Crippen molar-refractivity contribution in [3.63, 3.8) is 0 Å². The van der Waals surface area contributed by atoms with Gasteiger partial charge in [0.2, 0.25) is 0 Å². The van der Waals surface area contributed by atoms with Crippen LogP contribution in [0.5, 0.6) is 0 Å². The molecule has 1 aliphatic heterocycles. The first-order valence-corrected chi connectivity index (χ1v) is 7.43. The summed E-state index contributed by atoms with van der Waals surface area (Å²) in [5.41, 5.74) is 0. The van der Waals surface area contributed by atoms with E-state index in [9.17, 15) is 8.42 Å². The van der Waals surface area contributed by atoms with Gasteiger partial charge in [-0.15, -0.1) is 0 Å². The molecule has 1 fully saturated rings.